The van der Waals surface area contributed by atoms with Gasteiger partial charge in [0, 0.05) is 5.69 Å². The van der Waals surface area contributed by atoms with E-state index in [0.29, 0.717) is 5.92 Å². The van der Waals surface area contributed by atoms with Crippen molar-refractivity contribution in [1.82, 2.24) is 0 Å². The minimum atomic E-state index is -0.664. The lowest BCUT2D eigenvalue weighted by Gasteiger charge is -2.36. The number of rotatable bonds is 5. The minimum absolute atomic E-state index is 0.00465. The van der Waals surface area contributed by atoms with Crippen LogP contribution in [0.3, 0.4) is 0 Å². The number of carbonyl (C=O) groups is 1. The van der Waals surface area contributed by atoms with Gasteiger partial charge in [-0.15, -0.1) is 0 Å². The molecule has 2 aliphatic carbocycles. The normalized spacial score (nSPS) is 25.1. The van der Waals surface area contributed by atoms with Crippen LogP contribution in [-0.4, -0.2) is 17.7 Å². The molecule has 1 amide bonds. The van der Waals surface area contributed by atoms with E-state index in [1.54, 1.807) is 0 Å². The second-order valence-corrected chi connectivity index (χ2v) is 7.15. The number of anilines is 1. The summed E-state index contributed by atoms with van der Waals surface area (Å²) in [5.41, 5.74) is 7.07. The van der Waals surface area contributed by atoms with Gasteiger partial charge in [-0.2, -0.15) is 5.26 Å². The molecule has 1 aromatic rings. The van der Waals surface area contributed by atoms with Gasteiger partial charge in [-0.25, -0.2) is 4.79 Å². The third kappa shape index (κ3) is 4.00. The number of benzene rings is 1. The minimum Gasteiger partial charge on any atom is -0.446 e. The van der Waals surface area contributed by atoms with Crippen LogP contribution in [0, 0.1) is 17.2 Å². The number of nitriles is 1. The second-order valence-electron chi connectivity index (χ2n) is 7.15. The lowest BCUT2D eigenvalue weighted by atomic mass is 9.78. The molecule has 0 heterocycles. The Hall–Kier alpha value is -2.22. The fourth-order valence-electron chi connectivity index (χ4n) is 3.75. The summed E-state index contributed by atoms with van der Waals surface area (Å²) in [6.07, 6.45) is 7.30. The maximum absolute atomic E-state index is 10.8. The molecular formula is C19H25N3O2. The third-order valence-corrected chi connectivity index (χ3v) is 5.36. The van der Waals surface area contributed by atoms with Gasteiger partial charge in [-0.3, -0.25) is 0 Å². The Kier molecular flexibility index (Phi) is 4.94. The molecule has 3 rings (SSSR count). The Morgan fingerprint density at radius 3 is 2.42 bits per heavy atom. The van der Waals surface area contributed by atoms with E-state index in [9.17, 15) is 10.1 Å². The number of ether oxygens (including phenoxy) is 1. The quantitative estimate of drug-likeness (QED) is 0.862. The molecule has 0 radical (unpaired) electrons. The number of carbonyl (C=O) groups excluding carboxylic acids is 1. The Bertz CT molecular complexity index is 608. The topological polar surface area (TPSA) is 88.1 Å². The lowest BCUT2D eigenvalue weighted by molar-refractivity contribution is 0.0710. The summed E-state index contributed by atoms with van der Waals surface area (Å²) in [7, 11) is 0. The highest BCUT2D eigenvalue weighted by atomic mass is 16.6. The predicted octanol–water partition coefficient (Wildman–Crippen LogP) is 3.74. The first-order valence-corrected chi connectivity index (χ1v) is 8.83. The molecule has 128 valence electrons. The van der Waals surface area contributed by atoms with Crippen molar-refractivity contribution in [2.45, 2.75) is 63.0 Å². The molecular weight excluding hydrogens is 302 g/mol. The zero-order chi connectivity index (χ0) is 17.0. The van der Waals surface area contributed by atoms with Crippen LogP contribution in [0.15, 0.2) is 24.3 Å². The van der Waals surface area contributed by atoms with E-state index < -0.39 is 6.09 Å². The summed E-state index contributed by atoms with van der Waals surface area (Å²) in [4.78, 5) is 10.8. The highest BCUT2D eigenvalue weighted by Gasteiger charge is 2.36. The average Bonchev–Trinajstić information content (AvgIpc) is 2.54. The van der Waals surface area contributed by atoms with Crippen LogP contribution in [-0.2, 0) is 11.2 Å². The summed E-state index contributed by atoms with van der Waals surface area (Å²) >= 11 is 0. The maximum atomic E-state index is 10.8. The average molecular weight is 327 g/mol. The molecule has 0 aromatic heterocycles. The first-order chi connectivity index (χ1) is 11.6. The summed E-state index contributed by atoms with van der Waals surface area (Å²) in [6.45, 7) is 0. The second kappa shape index (κ2) is 7.12. The molecule has 5 nitrogen and oxygen atoms in total. The van der Waals surface area contributed by atoms with E-state index in [4.69, 9.17) is 10.5 Å². The van der Waals surface area contributed by atoms with E-state index >= 15 is 0 Å². The van der Waals surface area contributed by atoms with Crippen LogP contribution in [0.1, 0.15) is 50.5 Å². The van der Waals surface area contributed by atoms with E-state index in [1.165, 1.54) is 5.56 Å². The van der Waals surface area contributed by atoms with Gasteiger partial charge < -0.3 is 15.8 Å². The number of primary amides is 1. The highest BCUT2D eigenvalue weighted by molar-refractivity contribution is 5.64. The Labute approximate surface area is 143 Å². The number of hydrogen-bond acceptors (Lipinski definition) is 4. The van der Waals surface area contributed by atoms with E-state index in [0.717, 1.165) is 57.1 Å². The van der Waals surface area contributed by atoms with Crippen LogP contribution >= 0.6 is 0 Å². The third-order valence-electron chi connectivity index (χ3n) is 5.36. The Morgan fingerprint density at radius 1 is 1.25 bits per heavy atom. The molecule has 5 heteroatoms. The van der Waals surface area contributed by atoms with Crippen molar-refractivity contribution >= 4 is 11.8 Å². The van der Waals surface area contributed by atoms with Crippen molar-refractivity contribution in [2.75, 3.05) is 5.32 Å². The van der Waals surface area contributed by atoms with E-state index in [-0.39, 0.29) is 11.6 Å². The number of amides is 1. The van der Waals surface area contributed by atoms with Crippen LogP contribution < -0.4 is 11.1 Å². The molecule has 0 spiro atoms. The lowest BCUT2D eigenvalue weighted by Crippen LogP contribution is -2.43. The monoisotopic (exact) mass is 327 g/mol. The van der Waals surface area contributed by atoms with Crippen LogP contribution in [0.4, 0.5) is 10.5 Å². The Balaban J connectivity index is 1.48. The molecule has 0 unspecified atom stereocenters. The molecule has 0 atom stereocenters. The van der Waals surface area contributed by atoms with E-state index in [2.05, 4.69) is 35.7 Å². The van der Waals surface area contributed by atoms with Gasteiger partial charge in [-0.05, 0) is 75.0 Å². The summed E-state index contributed by atoms with van der Waals surface area (Å²) in [5, 5.41) is 12.7. The van der Waals surface area contributed by atoms with Crippen molar-refractivity contribution in [3.8, 4) is 6.07 Å². The van der Waals surface area contributed by atoms with Gasteiger partial charge in [0.15, 0.2) is 0 Å². The van der Waals surface area contributed by atoms with Crippen LogP contribution in [0.2, 0.25) is 0 Å². The fraction of sp³-hybridized carbons (Fsp3) is 0.579. The number of nitrogens with two attached hydrogens (primary N) is 1. The standard InChI is InChI=1S/C19H25N3O2/c20-13-19(10-1-11-19)22-16-6-2-14(3-7-16)12-15-4-8-17(9-5-15)24-18(21)23/h2-3,6-7,15,17,22H,1,4-5,8-12H2,(H2,21,23). The van der Waals surface area contributed by atoms with Crippen molar-refractivity contribution < 1.29 is 9.53 Å². The smallest absolute Gasteiger partial charge is 0.404 e. The first-order valence-electron chi connectivity index (χ1n) is 8.83. The molecule has 2 saturated carbocycles. The molecule has 3 N–H and O–H groups in total. The van der Waals surface area contributed by atoms with Crippen LogP contribution in [0.25, 0.3) is 0 Å². The predicted molar refractivity (Wildman–Crippen MR) is 92.4 cm³/mol. The fourth-order valence-corrected chi connectivity index (χ4v) is 3.75. The maximum Gasteiger partial charge on any atom is 0.404 e. The largest absolute Gasteiger partial charge is 0.446 e. The van der Waals surface area contributed by atoms with Crippen molar-refractivity contribution in [2.24, 2.45) is 11.7 Å². The van der Waals surface area contributed by atoms with E-state index in [1.807, 2.05) is 0 Å². The van der Waals surface area contributed by atoms with Gasteiger partial charge in [0.25, 0.3) is 0 Å². The van der Waals surface area contributed by atoms with Gasteiger partial charge in [0.2, 0.25) is 0 Å². The number of nitrogens with one attached hydrogen (secondary N) is 1. The van der Waals surface area contributed by atoms with Gasteiger partial charge >= 0.3 is 6.09 Å². The number of hydrogen-bond donors (Lipinski definition) is 2. The van der Waals surface area contributed by atoms with Crippen LogP contribution in [0.5, 0.6) is 0 Å². The summed E-state index contributed by atoms with van der Waals surface area (Å²) in [6, 6.07) is 10.9. The molecule has 2 aliphatic rings. The molecule has 2 fully saturated rings. The SMILES string of the molecule is N#CC1(Nc2ccc(CC3CCC(OC(N)=O)CC3)cc2)CCC1. The highest BCUT2D eigenvalue weighted by Crippen LogP contribution is 2.35. The summed E-state index contributed by atoms with van der Waals surface area (Å²) < 4.78 is 5.08. The number of nitrogens with zero attached hydrogens (tertiary/aromatic N) is 1. The molecule has 0 bridgehead atoms. The van der Waals surface area contributed by atoms with Crippen molar-refractivity contribution in [3.63, 3.8) is 0 Å². The molecule has 0 aliphatic heterocycles. The molecule has 1 aromatic carbocycles. The summed E-state index contributed by atoms with van der Waals surface area (Å²) in [5.74, 6) is 0.633. The zero-order valence-electron chi connectivity index (χ0n) is 14.0. The molecule has 0 saturated heterocycles. The van der Waals surface area contributed by atoms with Gasteiger partial charge in [-0.1, -0.05) is 12.1 Å². The van der Waals surface area contributed by atoms with Gasteiger partial charge in [0.05, 0.1) is 6.07 Å². The zero-order valence-corrected chi connectivity index (χ0v) is 14.0. The van der Waals surface area contributed by atoms with Crippen molar-refractivity contribution in [1.29, 1.82) is 5.26 Å². The molecule has 24 heavy (non-hydrogen) atoms. The van der Waals surface area contributed by atoms with Crippen molar-refractivity contribution in [3.05, 3.63) is 29.8 Å². The Morgan fingerprint density at radius 2 is 1.92 bits per heavy atom. The first kappa shape index (κ1) is 16.6. The van der Waals surface area contributed by atoms with Gasteiger partial charge in [0.1, 0.15) is 11.6 Å².